The van der Waals surface area contributed by atoms with E-state index in [1.165, 1.54) is 0 Å². The van der Waals surface area contributed by atoms with Gasteiger partial charge in [0.15, 0.2) is 0 Å². The van der Waals surface area contributed by atoms with Gasteiger partial charge in [-0.25, -0.2) is 4.39 Å². The first-order chi connectivity index (χ1) is 3.43. The number of hydrogen-bond donors (Lipinski definition) is 0. The van der Waals surface area contributed by atoms with Gasteiger partial charge in [0.2, 0.25) is 0 Å². The van der Waals surface area contributed by atoms with Gasteiger partial charge in [0.25, 0.3) is 0 Å². The quantitative estimate of drug-likeness (QED) is 0.359. The lowest BCUT2D eigenvalue weighted by molar-refractivity contribution is 0.346. The van der Waals surface area contributed by atoms with Crippen molar-refractivity contribution < 1.29 is 9.13 Å². The monoisotopic (exact) mass is 104 g/mol. The molecule has 1 aliphatic rings. The molecule has 1 aliphatic heterocycles. The molecule has 42 valence electrons. The van der Waals surface area contributed by atoms with E-state index in [1.54, 1.807) is 0 Å². The Morgan fingerprint density at radius 2 is 2.14 bits per heavy atom. The van der Waals surface area contributed by atoms with E-state index >= 15 is 0 Å². The molecule has 2 heteroatoms. The average molecular weight is 104 g/mol. The molecule has 0 saturated carbocycles. The van der Waals surface area contributed by atoms with Crippen molar-refractivity contribution in [2.24, 2.45) is 0 Å². The van der Waals surface area contributed by atoms with Gasteiger partial charge in [0.1, 0.15) is 12.8 Å². The molecule has 1 rings (SSSR count). The van der Waals surface area contributed by atoms with Crippen molar-refractivity contribution in [3.8, 4) is 0 Å². The maximum absolute atomic E-state index is 11.1. The molecule has 1 heterocycles. The van der Waals surface area contributed by atoms with E-state index in [2.05, 4.69) is 17.9 Å². The van der Waals surface area contributed by atoms with Gasteiger partial charge in [0.05, 0.1) is 6.61 Å². The zero-order valence-corrected chi connectivity index (χ0v) is 4.19. The number of halogens is 1. The number of epoxide rings is 1. The summed E-state index contributed by atoms with van der Waals surface area (Å²) in [7, 11) is 0. The molecular weight excluding hydrogens is 95.1 g/mol. The minimum absolute atomic E-state index is 0.0324. The molecule has 0 N–H and O–H groups in total. The Morgan fingerprint density at radius 3 is 2.14 bits per heavy atom. The maximum Gasteiger partial charge on any atom is 0.118 e. The fraction of sp³-hybridized carbons (Fsp3) is 0.600. The zero-order valence-electron chi connectivity index (χ0n) is 4.19. The summed E-state index contributed by atoms with van der Waals surface area (Å²) in [5.41, 5.74) is 0. The molecule has 1 atom stereocenters. The largest absolute Gasteiger partial charge is 0.370 e. The van der Waals surface area contributed by atoms with Crippen LogP contribution in [0.1, 0.15) is 0 Å². The topological polar surface area (TPSA) is 12.5 Å². The molecule has 0 spiro atoms. The summed E-state index contributed by atoms with van der Waals surface area (Å²) in [6.07, 6.45) is -0.0324. The van der Waals surface area contributed by atoms with Crippen LogP contribution in [-0.4, -0.2) is 19.4 Å². The third-order valence-electron chi connectivity index (χ3n) is 0.574. The first-order valence-electron chi connectivity index (χ1n) is 2.11. The van der Waals surface area contributed by atoms with Crippen molar-refractivity contribution in [1.82, 2.24) is 0 Å². The van der Waals surface area contributed by atoms with E-state index in [0.717, 1.165) is 0 Å². The van der Waals surface area contributed by atoms with Gasteiger partial charge in [-0.2, -0.15) is 0 Å². The van der Waals surface area contributed by atoms with E-state index in [1.807, 2.05) is 0 Å². The smallest absolute Gasteiger partial charge is 0.118 e. The Balaban J connectivity index is 0.000000162. The Hall–Kier alpha value is -0.370. The first kappa shape index (κ1) is 6.63. The molecule has 0 aromatic carbocycles. The van der Waals surface area contributed by atoms with E-state index in [4.69, 9.17) is 0 Å². The molecule has 7 heavy (non-hydrogen) atoms. The third kappa shape index (κ3) is 3.46. The molecular formula is C5H9FO. The van der Waals surface area contributed by atoms with Crippen LogP contribution in [0.4, 0.5) is 4.39 Å². The molecule has 1 saturated heterocycles. The molecule has 0 amide bonds. The van der Waals surface area contributed by atoms with Crippen molar-refractivity contribution in [2.75, 3.05) is 13.3 Å². The predicted octanol–water partition coefficient (Wildman–Crippen LogP) is 1.16. The minimum atomic E-state index is -0.306. The Morgan fingerprint density at radius 1 is 1.71 bits per heavy atom. The molecule has 1 fully saturated rings. The van der Waals surface area contributed by atoms with E-state index in [-0.39, 0.29) is 12.8 Å². The normalized spacial score (nSPS) is 25.0. The van der Waals surface area contributed by atoms with Gasteiger partial charge >= 0.3 is 0 Å². The molecule has 1 nitrogen and oxygen atoms in total. The van der Waals surface area contributed by atoms with E-state index in [0.29, 0.717) is 6.61 Å². The maximum atomic E-state index is 11.1. The Kier molecular flexibility index (Phi) is 3.61. The van der Waals surface area contributed by atoms with Gasteiger partial charge in [-0.3, -0.25) is 0 Å². The lowest BCUT2D eigenvalue weighted by Crippen LogP contribution is -1.81. The van der Waals surface area contributed by atoms with Crippen molar-refractivity contribution >= 4 is 0 Å². The summed E-state index contributed by atoms with van der Waals surface area (Å²) < 4.78 is 15.5. The van der Waals surface area contributed by atoms with Gasteiger partial charge < -0.3 is 4.74 Å². The van der Waals surface area contributed by atoms with Crippen LogP contribution in [0.3, 0.4) is 0 Å². The highest BCUT2D eigenvalue weighted by molar-refractivity contribution is 4.65. The molecule has 0 aliphatic carbocycles. The van der Waals surface area contributed by atoms with Crippen molar-refractivity contribution in [2.45, 2.75) is 6.10 Å². The SMILES string of the molecule is C=C.FCC1CO1. The second-order valence-corrected chi connectivity index (χ2v) is 1.11. The van der Waals surface area contributed by atoms with Crippen LogP contribution in [0.25, 0.3) is 0 Å². The Bertz CT molecular complexity index is 43.3. The van der Waals surface area contributed by atoms with Crippen LogP contribution in [-0.2, 0) is 4.74 Å². The number of alkyl halides is 1. The van der Waals surface area contributed by atoms with Crippen LogP contribution in [0.2, 0.25) is 0 Å². The molecule has 0 aromatic rings. The van der Waals surface area contributed by atoms with Crippen LogP contribution in [0.15, 0.2) is 13.2 Å². The zero-order chi connectivity index (χ0) is 5.70. The summed E-state index contributed by atoms with van der Waals surface area (Å²) in [5, 5.41) is 0. The van der Waals surface area contributed by atoms with Gasteiger partial charge in [0, 0.05) is 0 Å². The third-order valence-corrected chi connectivity index (χ3v) is 0.574. The van der Waals surface area contributed by atoms with Crippen LogP contribution in [0, 0.1) is 0 Å². The highest BCUT2D eigenvalue weighted by Gasteiger charge is 2.20. The molecule has 0 radical (unpaired) electrons. The van der Waals surface area contributed by atoms with E-state index in [9.17, 15) is 4.39 Å². The lowest BCUT2D eigenvalue weighted by atomic mass is 10.6. The van der Waals surface area contributed by atoms with Crippen LogP contribution in [0.5, 0.6) is 0 Å². The summed E-state index contributed by atoms with van der Waals surface area (Å²) in [6.45, 7) is 6.33. The predicted molar refractivity (Wildman–Crippen MR) is 27.0 cm³/mol. The fourth-order valence-electron chi connectivity index (χ4n) is 0.157. The molecule has 0 bridgehead atoms. The fourth-order valence-corrected chi connectivity index (χ4v) is 0.157. The summed E-state index contributed by atoms with van der Waals surface area (Å²) in [4.78, 5) is 0. The average Bonchev–Trinajstić information content (AvgIpc) is 2.52. The van der Waals surface area contributed by atoms with Gasteiger partial charge in [-0.15, -0.1) is 13.2 Å². The van der Waals surface area contributed by atoms with Gasteiger partial charge in [-0.05, 0) is 0 Å². The number of hydrogen-bond acceptors (Lipinski definition) is 1. The minimum Gasteiger partial charge on any atom is -0.370 e. The summed E-state index contributed by atoms with van der Waals surface area (Å²) >= 11 is 0. The second-order valence-electron chi connectivity index (χ2n) is 1.11. The number of rotatable bonds is 1. The highest BCUT2D eigenvalue weighted by atomic mass is 19.1. The summed E-state index contributed by atoms with van der Waals surface area (Å²) in [5.74, 6) is 0. The Labute approximate surface area is 42.8 Å². The molecule has 1 unspecified atom stereocenters. The lowest BCUT2D eigenvalue weighted by Gasteiger charge is -1.66. The standard InChI is InChI=1S/C3H5FO.C2H4/c4-1-3-2-5-3;1-2/h3H,1-2H2;1-2H2. The number of ether oxygens (including phenoxy) is 1. The van der Waals surface area contributed by atoms with Crippen molar-refractivity contribution in [1.29, 1.82) is 0 Å². The molecule has 0 aromatic heterocycles. The highest BCUT2D eigenvalue weighted by Crippen LogP contribution is 2.07. The summed E-state index contributed by atoms with van der Waals surface area (Å²) in [6, 6.07) is 0. The first-order valence-corrected chi connectivity index (χ1v) is 2.11. The van der Waals surface area contributed by atoms with Crippen molar-refractivity contribution in [3.05, 3.63) is 13.2 Å². The van der Waals surface area contributed by atoms with E-state index < -0.39 is 0 Å². The second kappa shape index (κ2) is 3.81. The van der Waals surface area contributed by atoms with Gasteiger partial charge in [-0.1, -0.05) is 0 Å². The van der Waals surface area contributed by atoms with Crippen molar-refractivity contribution in [3.63, 3.8) is 0 Å². The van der Waals surface area contributed by atoms with Crippen LogP contribution >= 0.6 is 0 Å². The van der Waals surface area contributed by atoms with Crippen LogP contribution < -0.4 is 0 Å².